The second-order valence-corrected chi connectivity index (χ2v) is 7.24. The normalized spacial score (nSPS) is 10.9. The van der Waals surface area contributed by atoms with Crippen LogP contribution in [-0.4, -0.2) is 38.5 Å². The summed E-state index contributed by atoms with van der Waals surface area (Å²) in [4.78, 5) is 12.5. The van der Waals surface area contributed by atoms with Gasteiger partial charge in [0.2, 0.25) is 5.75 Å². The molecule has 1 aromatic heterocycles. The lowest BCUT2D eigenvalue weighted by Crippen LogP contribution is -2.13. The molecule has 0 bridgehead atoms. The highest BCUT2D eigenvalue weighted by Gasteiger charge is 2.17. The van der Waals surface area contributed by atoms with Crippen molar-refractivity contribution in [3.05, 3.63) is 64.4 Å². The third kappa shape index (κ3) is 6.21. The number of methoxy groups -OCH3 is 2. The molecule has 0 spiro atoms. The van der Waals surface area contributed by atoms with Gasteiger partial charge in [-0.25, -0.2) is 0 Å². The highest BCUT2D eigenvalue weighted by atomic mass is 35.5. The van der Waals surface area contributed by atoms with Gasteiger partial charge in [0.25, 0.3) is 5.91 Å². The molecule has 3 rings (SSSR count). The number of para-hydroxylation sites is 1. The number of carbonyl (C=O) groups is 1. The number of ether oxygens (including phenoxy) is 4. The fourth-order valence-corrected chi connectivity index (χ4v) is 3.10. The number of hydrogen-bond acceptors (Lipinski definition) is 8. The molecule has 2 aromatic carbocycles. The Balaban J connectivity index is 1.74. The summed E-state index contributed by atoms with van der Waals surface area (Å²) in [5.74, 6) is 1.72. The summed E-state index contributed by atoms with van der Waals surface area (Å²) in [5, 5.41) is 16.2. The first kappa shape index (κ1) is 24.5. The number of carbonyl (C=O) groups excluding carboxylic acids is 1. The number of benzene rings is 2. The van der Waals surface area contributed by atoms with Crippen molar-refractivity contribution < 1.29 is 28.3 Å². The number of nitrogens with zero attached hydrogens (tertiary/aromatic N) is 2. The lowest BCUT2D eigenvalue weighted by atomic mass is 10.1. The summed E-state index contributed by atoms with van der Waals surface area (Å²) in [6, 6.07) is 13.8. The van der Waals surface area contributed by atoms with Gasteiger partial charge in [-0.1, -0.05) is 28.9 Å². The van der Waals surface area contributed by atoms with E-state index in [1.165, 1.54) is 20.3 Å². The van der Waals surface area contributed by atoms with Gasteiger partial charge >= 0.3 is 0 Å². The van der Waals surface area contributed by atoms with E-state index in [0.717, 1.165) is 0 Å². The molecule has 3 aromatic rings. The van der Waals surface area contributed by atoms with Gasteiger partial charge in [-0.3, -0.25) is 4.79 Å². The van der Waals surface area contributed by atoms with Crippen molar-refractivity contribution in [1.29, 1.82) is 5.26 Å². The van der Waals surface area contributed by atoms with Crippen LogP contribution in [0.5, 0.6) is 23.0 Å². The Bertz CT molecular complexity index is 1210. The van der Waals surface area contributed by atoms with Crippen LogP contribution in [0.15, 0.2) is 52.6 Å². The smallest absolute Gasteiger partial charge is 0.267 e. The summed E-state index contributed by atoms with van der Waals surface area (Å²) < 4.78 is 27.2. The van der Waals surface area contributed by atoms with Crippen LogP contribution in [0.3, 0.4) is 0 Å². The number of aryl methyl sites for hydroxylation is 1. The van der Waals surface area contributed by atoms with E-state index < -0.39 is 5.91 Å². The summed E-state index contributed by atoms with van der Waals surface area (Å²) in [6.45, 7) is 2.11. The minimum Gasteiger partial charge on any atom is -0.493 e. The predicted molar refractivity (Wildman–Crippen MR) is 125 cm³/mol. The Morgan fingerprint density at radius 1 is 1.12 bits per heavy atom. The van der Waals surface area contributed by atoms with Gasteiger partial charge in [-0.15, -0.1) is 0 Å². The molecule has 9 nitrogen and oxygen atoms in total. The molecule has 0 saturated heterocycles. The maximum atomic E-state index is 12.5. The van der Waals surface area contributed by atoms with E-state index in [1.54, 1.807) is 37.3 Å². The molecule has 34 heavy (non-hydrogen) atoms. The lowest BCUT2D eigenvalue weighted by molar-refractivity contribution is -0.112. The number of nitrogens with one attached hydrogen (secondary N) is 1. The Morgan fingerprint density at radius 2 is 1.79 bits per heavy atom. The molecule has 0 unspecified atom stereocenters. The van der Waals surface area contributed by atoms with Gasteiger partial charge in [-0.05, 0) is 42.8 Å². The molecule has 0 saturated carbocycles. The van der Waals surface area contributed by atoms with Crippen molar-refractivity contribution >= 4 is 29.4 Å². The second kappa shape index (κ2) is 11.6. The molecule has 10 heteroatoms. The Kier molecular flexibility index (Phi) is 8.37. The first-order valence-electron chi connectivity index (χ1n) is 10.1. The zero-order chi connectivity index (χ0) is 24.5. The van der Waals surface area contributed by atoms with Crippen LogP contribution in [0, 0.1) is 18.3 Å². The first-order chi connectivity index (χ1) is 16.4. The van der Waals surface area contributed by atoms with Crippen LogP contribution in [-0.2, 0) is 4.79 Å². The highest BCUT2D eigenvalue weighted by molar-refractivity contribution is 6.32. The molecule has 0 radical (unpaired) electrons. The van der Waals surface area contributed by atoms with Crippen LogP contribution < -0.4 is 24.3 Å². The fraction of sp³-hybridized carbons (Fsp3) is 0.208. The zero-order valence-corrected chi connectivity index (χ0v) is 19.5. The number of nitriles is 1. The summed E-state index contributed by atoms with van der Waals surface area (Å²) in [7, 11) is 2.94. The number of amides is 1. The monoisotopic (exact) mass is 483 g/mol. The standard InChI is InChI=1S/C24H22ClN3O6/c1-15-10-22(28-34-15)27-24(29)17(14-26)11-16-12-20(30-2)23(21(13-16)31-3)33-9-8-32-19-7-5-4-6-18(19)25/h4-7,10-13H,8-9H2,1-3H3,(H,27,28,29)/b17-11-. The highest BCUT2D eigenvalue weighted by Crippen LogP contribution is 2.39. The van der Waals surface area contributed by atoms with Crippen molar-refractivity contribution in [2.24, 2.45) is 0 Å². The largest absolute Gasteiger partial charge is 0.493 e. The average molecular weight is 484 g/mol. The van der Waals surface area contributed by atoms with Crippen LogP contribution in [0.1, 0.15) is 11.3 Å². The maximum Gasteiger partial charge on any atom is 0.267 e. The van der Waals surface area contributed by atoms with Crippen molar-refractivity contribution in [2.45, 2.75) is 6.92 Å². The van der Waals surface area contributed by atoms with Crippen LogP contribution in [0.25, 0.3) is 6.08 Å². The molecule has 0 aliphatic heterocycles. The maximum absolute atomic E-state index is 12.5. The quantitative estimate of drug-likeness (QED) is 0.251. The van der Waals surface area contributed by atoms with Crippen LogP contribution >= 0.6 is 11.6 Å². The topological polar surface area (TPSA) is 116 Å². The SMILES string of the molecule is COc1cc(/C=C(/C#N)C(=O)Nc2cc(C)on2)cc(OC)c1OCCOc1ccccc1Cl. The minimum atomic E-state index is -0.634. The lowest BCUT2D eigenvalue weighted by Gasteiger charge is -2.16. The number of aromatic nitrogens is 1. The Morgan fingerprint density at radius 3 is 2.38 bits per heavy atom. The Hall–Kier alpha value is -4.16. The molecule has 1 amide bonds. The van der Waals surface area contributed by atoms with Gasteiger partial charge in [0.15, 0.2) is 17.3 Å². The van der Waals surface area contributed by atoms with E-state index in [-0.39, 0.29) is 24.6 Å². The Labute approximate surface area is 201 Å². The third-order valence-electron chi connectivity index (χ3n) is 4.45. The van der Waals surface area contributed by atoms with Gasteiger partial charge in [0.05, 0.1) is 19.2 Å². The van der Waals surface area contributed by atoms with E-state index in [1.807, 2.05) is 18.2 Å². The first-order valence-corrected chi connectivity index (χ1v) is 10.5. The van der Waals surface area contributed by atoms with Crippen molar-refractivity contribution in [2.75, 3.05) is 32.8 Å². The van der Waals surface area contributed by atoms with Crippen molar-refractivity contribution in [3.8, 4) is 29.1 Å². The van der Waals surface area contributed by atoms with Crippen molar-refractivity contribution in [1.82, 2.24) is 5.16 Å². The molecule has 0 atom stereocenters. The van der Waals surface area contributed by atoms with Gasteiger partial charge < -0.3 is 28.8 Å². The molecule has 0 aliphatic rings. The number of anilines is 1. The number of rotatable bonds is 10. The summed E-state index contributed by atoms with van der Waals surface area (Å²) in [6.07, 6.45) is 1.40. The summed E-state index contributed by atoms with van der Waals surface area (Å²) >= 11 is 6.08. The van der Waals surface area contributed by atoms with Crippen LogP contribution in [0.2, 0.25) is 5.02 Å². The van der Waals surface area contributed by atoms with Gasteiger partial charge in [0, 0.05) is 6.07 Å². The molecule has 0 aliphatic carbocycles. The fourth-order valence-electron chi connectivity index (χ4n) is 2.91. The average Bonchev–Trinajstić information content (AvgIpc) is 3.25. The van der Waals surface area contributed by atoms with Gasteiger partial charge in [-0.2, -0.15) is 5.26 Å². The van der Waals surface area contributed by atoms with Crippen molar-refractivity contribution in [3.63, 3.8) is 0 Å². The molecule has 0 fully saturated rings. The van der Waals surface area contributed by atoms with E-state index in [9.17, 15) is 10.1 Å². The van der Waals surface area contributed by atoms with Gasteiger partial charge in [0.1, 0.15) is 36.4 Å². The molecule has 1 N–H and O–H groups in total. The number of hydrogen-bond donors (Lipinski definition) is 1. The van der Waals surface area contributed by atoms with E-state index in [0.29, 0.717) is 39.3 Å². The van der Waals surface area contributed by atoms with Crippen LogP contribution in [0.4, 0.5) is 5.82 Å². The van der Waals surface area contributed by atoms with E-state index in [4.69, 9.17) is 35.1 Å². The minimum absolute atomic E-state index is 0.147. The number of halogens is 1. The predicted octanol–water partition coefficient (Wildman–Crippen LogP) is 4.66. The van der Waals surface area contributed by atoms with E-state index in [2.05, 4.69) is 10.5 Å². The molecule has 1 heterocycles. The summed E-state index contributed by atoms with van der Waals surface area (Å²) in [5.41, 5.74) is 0.350. The second-order valence-electron chi connectivity index (χ2n) is 6.83. The van der Waals surface area contributed by atoms with E-state index >= 15 is 0 Å². The zero-order valence-electron chi connectivity index (χ0n) is 18.8. The molecule has 176 valence electrons. The molecular formula is C24H22ClN3O6. The third-order valence-corrected chi connectivity index (χ3v) is 4.76. The molecular weight excluding hydrogens is 462 g/mol.